The summed E-state index contributed by atoms with van der Waals surface area (Å²) in [5.74, 6) is 0.363. The first kappa shape index (κ1) is 9.21. The van der Waals surface area contributed by atoms with Gasteiger partial charge in [0.15, 0.2) is 0 Å². The summed E-state index contributed by atoms with van der Waals surface area (Å²) < 4.78 is 19.6. The standard InChI is InChI=1S/C9H9FINO/c10-5-1-2-6(11)9-8(5)7(12)3-4-13-9/h1-2,7H,3-4,12H2/t7-/m1/s1. The summed E-state index contributed by atoms with van der Waals surface area (Å²) in [5.41, 5.74) is 6.32. The van der Waals surface area contributed by atoms with Crippen LogP contribution in [0.4, 0.5) is 4.39 Å². The van der Waals surface area contributed by atoms with E-state index in [0.717, 1.165) is 3.57 Å². The minimum Gasteiger partial charge on any atom is -0.492 e. The van der Waals surface area contributed by atoms with Gasteiger partial charge in [-0.1, -0.05) is 0 Å². The van der Waals surface area contributed by atoms with Crippen LogP contribution in [0.3, 0.4) is 0 Å². The van der Waals surface area contributed by atoms with Crippen LogP contribution in [0.1, 0.15) is 18.0 Å². The predicted octanol–water partition coefficient (Wildman–Crippen LogP) is 2.21. The molecule has 0 unspecified atom stereocenters. The lowest BCUT2D eigenvalue weighted by atomic mass is 10.0. The van der Waals surface area contributed by atoms with Crippen molar-refractivity contribution < 1.29 is 9.13 Å². The summed E-state index contributed by atoms with van der Waals surface area (Å²) in [7, 11) is 0. The predicted molar refractivity (Wildman–Crippen MR) is 56.2 cm³/mol. The number of hydrogen-bond acceptors (Lipinski definition) is 2. The quantitative estimate of drug-likeness (QED) is 0.744. The van der Waals surface area contributed by atoms with Crippen molar-refractivity contribution >= 4 is 22.6 Å². The normalized spacial score (nSPS) is 20.7. The van der Waals surface area contributed by atoms with Crippen LogP contribution in [0.25, 0.3) is 0 Å². The maximum atomic E-state index is 13.3. The van der Waals surface area contributed by atoms with Crippen LogP contribution < -0.4 is 10.5 Å². The third-order valence-corrected chi connectivity index (χ3v) is 2.99. The summed E-state index contributed by atoms with van der Waals surface area (Å²) >= 11 is 2.12. The number of benzene rings is 1. The van der Waals surface area contributed by atoms with Crippen molar-refractivity contribution in [1.29, 1.82) is 0 Å². The molecule has 0 spiro atoms. The second kappa shape index (κ2) is 3.42. The molecule has 0 bridgehead atoms. The lowest BCUT2D eigenvalue weighted by Crippen LogP contribution is -2.22. The van der Waals surface area contributed by atoms with Gasteiger partial charge in [0, 0.05) is 18.0 Å². The number of nitrogens with two attached hydrogens (primary N) is 1. The first-order valence-corrected chi connectivity index (χ1v) is 5.14. The molecule has 2 N–H and O–H groups in total. The number of hydrogen-bond donors (Lipinski definition) is 1. The van der Waals surface area contributed by atoms with Crippen LogP contribution in [0.5, 0.6) is 5.75 Å². The van der Waals surface area contributed by atoms with Crippen molar-refractivity contribution in [2.45, 2.75) is 12.5 Å². The number of rotatable bonds is 0. The van der Waals surface area contributed by atoms with E-state index < -0.39 is 0 Å². The van der Waals surface area contributed by atoms with E-state index in [1.165, 1.54) is 6.07 Å². The summed E-state index contributed by atoms with van der Waals surface area (Å²) in [6.07, 6.45) is 0.685. The van der Waals surface area contributed by atoms with Gasteiger partial charge in [-0.3, -0.25) is 0 Å². The van der Waals surface area contributed by atoms with Gasteiger partial charge in [-0.25, -0.2) is 4.39 Å². The Hall–Kier alpha value is -0.360. The highest BCUT2D eigenvalue weighted by Gasteiger charge is 2.23. The highest BCUT2D eigenvalue weighted by molar-refractivity contribution is 14.1. The Balaban J connectivity index is 2.60. The van der Waals surface area contributed by atoms with Crippen molar-refractivity contribution in [1.82, 2.24) is 0 Å². The average molecular weight is 293 g/mol. The molecular formula is C9H9FINO. The van der Waals surface area contributed by atoms with Crippen molar-refractivity contribution in [2.75, 3.05) is 6.61 Å². The largest absolute Gasteiger partial charge is 0.492 e. The Morgan fingerprint density at radius 2 is 2.31 bits per heavy atom. The minimum absolute atomic E-state index is 0.224. The van der Waals surface area contributed by atoms with Gasteiger partial charge < -0.3 is 10.5 Å². The van der Waals surface area contributed by atoms with Crippen LogP contribution in [-0.2, 0) is 0 Å². The fourth-order valence-electron chi connectivity index (χ4n) is 1.47. The van der Waals surface area contributed by atoms with Crippen LogP contribution >= 0.6 is 22.6 Å². The van der Waals surface area contributed by atoms with E-state index in [0.29, 0.717) is 24.3 Å². The molecule has 1 aromatic rings. The summed E-state index contributed by atoms with van der Waals surface area (Å²) in [4.78, 5) is 0. The molecular weight excluding hydrogens is 284 g/mol. The average Bonchev–Trinajstić information content (AvgIpc) is 2.12. The van der Waals surface area contributed by atoms with E-state index in [1.807, 2.05) is 0 Å². The number of halogens is 2. The molecule has 2 rings (SSSR count). The van der Waals surface area contributed by atoms with Gasteiger partial charge in [0.25, 0.3) is 0 Å². The zero-order chi connectivity index (χ0) is 9.42. The van der Waals surface area contributed by atoms with E-state index in [-0.39, 0.29) is 11.9 Å². The zero-order valence-electron chi connectivity index (χ0n) is 6.89. The molecule has 0 aliphatic carbocycles. The van der Waals surface area contributed by atoms with Gasteiger partial charge in [-0.05, 0) is 34.7 Å². The molecule has 0 radical (unpaired) electrons. The molecule has 1 aliphatic rings. The molecule has 0 aromatic heterocycles. The van der Waals surface area contributed by atoms with Gasteiger partial charge in [-0.2, -0.15) is 0 Å². The minimum atomic E-state index is -0.261. The molecule has 0 amide bonds. The van der Waals surface area contributed by atoms with Gasteiger partial charge in [0.05, 0.1) is 10.2 Å². The van der Waals surface area contributed by atoms with Crippen LogP contribution in [0, 0.1) is 9.39 Å². The maximum absolute atomic E-state index is 13.3. The molecule has 0 saturated heterocycles. The Labute approximate surface area is 89.4 Å². The molecule has 1 aliphatic heterocycles. The monoisotopic (exact) mass is 293 g/mol. The lowest BCUT2D eigenvalue weighted by molar-refractivity contribution is 0.262. The molecule has 1 aromatic carbocycles. The molecule has 2 nitrogen and oxygen atoms in total. The number of fused-ring (bicyclic) bond motifs is 1. The molecule has 4 heteroatoms. The Morgan fingerprint density at radius 1 is 1.54 bits per heavy atom. The fraction of sp³-hybridized carbons (Fsp3) is 0.333. The van der Waals surface area contributed by atoms with Gasteiger partial charge in [-0.15, -0.1) is 0 Å². The van der Waals surface area contributed by atoms with Gasteiger partial charge in [0.1, 0.15) is 11.6 Å². The van der Waals surface area contributed by atoms with Crippen LogP contribution in [-0.4, -0.2) is 6.61 Å². The van der Waals surface area contributed by atoms with Crippen LogP contribution in [0.15, 0.2) is 12.1 Å². The van der Waals surface area contributed by atoms with E-state index >= 15 is 0 Å². The molecule has 1 heterocycles. The van der Waals surface area contributed by atoms with Crippen LogP contribution in [0.2, 0.25) is 0 Å². The Kier molecular flexibility index (Phi) is 2.42. The fourth-order valence-corrected chi connectivity index (χ4v) is 2.10. The molecule has 1 atom stereocenters. The third-order valence-electron chi connectivity index (χ3n) is 2.14. The summed E-state index contributed by atoms with van der Waals surface area (Å²) in [6.45, 7) is 0.577. The topological polar surface area (TPSA) is 35.2 Å². The van der Waals surface area contributed by atoms with E-state index in [1.54, 1.807) is 6.07 Å². The van der Waals surface area contributed by atoms with Crippen molar-refractivity contribution in [2.24, 2.45) is 5.73 Å². The molecule has 0 fully saturated rings. The zero-order valence-corrected chi connectivity index (χ0v) is 9.05. The van der Waals surface area contributed by atoms with Crippen molar-refractivity contribution in [3.8, 4) is 5.75 Å². The molecule has 0 saturated carbocycles. The first-order chi connectivity index (χ1) is 6.20. The van der Waals surface area contributed by atoms with Gasteiger partial charge in [0.2, 0.25) is 0 Å². The highest BCUT2D eigenvalue weighted by Crippen LogP contribution is 2.36. The van der Waals surface area contributed by atoms with E-state index in [2.05, 4.69) is 22.6 Å². The molecule has 13 heavy (non-hydrogen) atoms. The number of ether oxygens (including phenoxy) is 1. The highest BCUT2D eigenvalue weighted by atomic mass is 127. The third kappa shape index (κ3) is 1.52. The van der Waals surface area contributed by atoms with E-state index in [9.17, 15) is 4.39 Å². The summed E-state index contributed by atoms with van der Waals surface area (Å²) in [5, 5.41) is 0. The maximum Gasteiger partial charge on any atom is 0.140 e. The smallest absolute Gasteiger partial charge is 0.140 e. The second-order valence-electron chi connectivity index (χ2n) is 3.02. The second-order valence-corrected chi connectivity index (χ2v) is 4.18. The van der Waals surface area contributed by atoms with Crippen molar-refractivity contribution in [3.63, 3.8) is 0 Å². The summed E-state index contributed by atoms with van der Waals surface area (Å²) in [6, 6.07) is 2.92. The Morgan fingerprint density at radius 3 is 3.00 bits per heavy atom. The van der Waals surface area contributed by atoms with Gasteiger partial charge >= 0.3 is 0 Å². The lowest BCUT2D eigenvalue weighted by Gasteiger charge is -2.24. The van der Waals surface area contributed by atoms with Crippen molar-refractivity contribution in [3.05, 3.63) is 27.1 Å². The molecule has 70 valence electrons. The SMILES string of the molecule is N[C@@H]1CCOc2c(I)ccc(F)c21. The van der Waals surface area contributed by atoms with E-state index in [4.69, 9.17) is 10.5 Å². The Bertz CT molecular complexity index is 343. The first-order valence-electron chi connectivity index (χ1n) is 4.06.